The third kappa shape index (κ3) is 1.69. The third-order valence-corrected chi connectivity index (χ3v) is 3.29. The fraction of sp³-hybridized carbons (Fsp3) is 0.385. The first-order valence-electron chi connectivity index (χ1n) is 5.99. The van der Waals surface area contributed by atoms with Crippen molar-refractivity contribution in [2.24, 2.45) is 0 Å². The van der Waals surface area contributed by atoms with E-state index in [4.69, 9.17) is 0 Å². The highest BCUT2D eigenvalue weighted by Crippen LogP contribution is 2.30. The molecule has 17 heavy (non-hydrogen) atoms. The number of para-hydroxylation sites is 1. The summed E-state index contributed by atoms with van der Waals surface area (Å²) < 4.78 is 1.97. The molecule has 1 unspecified atom stereocenters. The van der Waals surface area contributed by atoms with Crippen LogP contribution in [0.25, 0.3) is 11.4 Å². The van der Waals surface area contributed by atoms with Gasteiger partial charge in [-0.1, -0.05) is 19.1 Å². The maximum absolute atomic E-state index is 9.80. The van der Waals surface area contributed by atoms with Gasteiger partial charge >= 0.3 is 0 Å². The zero-order valence-electron chi connectivity index (χ0n) is 9.80. The van der Waals surface area contributed by atoms with Crippen LogP contribution in [-0.2, 0) is 6.54 Å². The molecule has 4 nitrogen and oxygen atoms in total. The first-order valence-corrected chi connectivity index (χ1v) is 5.99. The van der Waals surface area contributed by atoms with Crippen LogP contribution in [-0.4, -0.2) is 19.9 Å². The van der Waals surface area contributed by atoms with E-state index >= 15 is 0 Å². The molecule has 0 saturated heterocycles. The Morgan fingerprint density at radius 1 is 1.35 bits per heavy atom. The monoisotopic (exact) mass is 229 g/mol. The van der Waals surface area contributed by atoms with Crippen molar-refractivity contribution < 1.29 is 5.11 Å². The maximum atomic E-state index is 9.80. The normalized spacial score (nSPS) is 19.0. The largest absolute Gasteiger partial charge is 0.507 e. The molecule has 1 N–H and O–H groups in total. The van der Waals surface area contributed by atoms with E-state index < -0.39 is 0 Å². The van der Waals surface area contributed by atoms with E-state index in [0.29, 0.717) is 17.3 Å². The molecule has 0 fully saturated rings. The second kappa shape index (κ2) is 3.87. The summed E-state index contributed by atoms with van der Waals surface area (Å²) in [4.78, 5) is 4.55. The average Bonchev–Trinajstić information content (AvgIpc) is 2.75. The Morgan fingerprint density at radius 3 is 2.94 bits per heavy atom. The fourth-order valence-electron chi connectivity index (χ4n) is 2.34. The molecule has 2 aromatic rings. The first-order chi connectivity index (χ1) is 8.25. The minimum Gasteiger partial charge on any atom is -0.507 e. The van der Waals surface area contributed by atoms with E-state index in [-0.39, 0.29) is 5.75 Å². The van der Waals surface area contributed by atoms with Gasteiger partial charge in [0, 0.05) is 12.5 Å². The second-order valence-electron chi connectivity index (χ2n) is 4.58. The van der Waals surface area contributed by atoms with Gasteiger partial charge < -0.3 is 5.11 Å². The summed E-state index contributed by atoms with van der Waals surface area (Å²) in [5, 5.41) is 14.3. The SMILES string of the molecule is CC1CCCn2nc(-c3ccccc3O)nc21. The van der Waals surface area contributed by atoms with Crippen LogP contribution in [0.15, 0.2) is 24.3 Å². The molecule has 0 radical (unpaired) electrons. The third-order valence-electron chi connectivity index (χ3n) is 3.29. The number of nitrogens with zero attached hydrogens (tertiary/aromatic N) is 3. The van der Waals surface area contributed by atoms with Gasteiger partial charge in [0.05, 0.1) is 5.56 Å². The molecule has 3 rings (SSSR count). The number of phenols is 1. The van der Waals surface area contributed by atoms with Gasteiger partial charge in [-0.2, -0.15) is 5.10 Å². The summed E-state index contributed by atoms with van der Waals surface area (Å²) in [6.07, 6.45) is 2.32. The van der Waals surface area contributed by atoms with E-state index in [1.807, 2.05) is 16.8 Å². The van der Waals surface area contributed by atoms with E-state index in [2.05, 4.69) is 17.0 Å². The van der Waals surface area contributed by atoms with Gasteiger partial charge in [0.2, 0.25) is 0 Å². The molecule has 0 amide bonds. The van der Waals surface area contributed by atoms with Crippen LogP contribution in [0, 0.1) is 0 Å². The molecule has 2 heterocycles. The Bertz CT molecular complexity index is 547. The summed E-state index contributed by atoms with van der Waals surface area (Å²) in [6, 6.07) is 7.20. The zero-order chi connectivity index (χ0) is 11.8. The Labute approximate surface area is 99.9 Å². The number of aromatic nitrogens is 3. The smallest absolute Gasteiger partial charge is 0.185 e. The van der Waals surface area contributed by atoms with Gasteiger partial charge in [0.25, 0.3) is 0 Å². The van der Waals surface area contributed by atoms with Crippen molar-refractivity contribution in [2.75, 3.05) is 0 Å². The lowest BCUT2D eigenvalue weighted by Crippen LogP contribution is -2.14. The molecule has 0 bridgehead atoms. The molecule has 1 aliphatic heterocycles. The van der Waals surface area contributed by atoms with Crippen LogP contribution >= 0.6 is 0 Å². The molecule has 0 aliphatic carbocycles. The minimum atomic E-state index is 0.239. The molecule has 1 aromatic carbocycles. The maximum Gasteiger partial charge on any atom is 0.185 e. The van der Waals surface area contributed by atoms with Gasteiger partial charge in [-0.3, -0.25) is 0 Å². The molecular weight excluding hydrogens is 214 g/mol. The highest BCUT2D eigenvalue weighted by molar-refractivity contribution is 5.63. The summed E-state index contributed by atoms with van der Waals surface area (Å²) >= 11 is 0. The standard InChI is InChI=1S/C13H15N3O/c1-9-5-4-8-16-13(9)14-12(15-16)10-6-2-3-7-11(10)17/h2-3,6-7,9,17H,4-5,8H2,1H3. The van der Waals surface area contributed by atoms with Gasteiger partial charge in [0.15, 0.2) is 5.82 Å². The second-order valence-corrected chi connectivity index (χ2v) is 4.58. The van der Waals surface area contributed by atoms with Crippen LogP contribution in [0.5, 0.6) is 5.75 Å². The quantitative estimate of drug-likeness (QED) is 0.817. The number of rotatable bonds is 1. The van der Waals surface area contributed by atoms with E-state index in [1.54, 1.807) is 12.1 Å². The molecule has 88 valence electrons. The first kappa shape index (κ1) is 10.3. The Hall–Kier alpha value is -1.84. The van der Waals surface area contributed by atoms with E-state index in [1.165, 1.54) is 6.42 Å². The van der Waals surface area contributed by atoms with Crippen molar-refractivity contribution in [3.63, 3.8) is 0 Å². The van der Waals surface area contributed by atoms with E-state index in [9.17, 15) is 5.11 Å². The van der Waals surface area contributed by atoms with Crippen LogP contribution in [0.4, 0.5) is 0 Å². The lowest BCUT2D eigenvalue weighted by atomic mass is 10.0. The van der Waals surface area contributed by atoms with E-state index in [0.717, 1.165) is 18.8 Å². The summed E-state index contributed by atoms with van der Waals surface area (Å²) in [5.74, 6) is 2.36. The van der Waals surface area contributed by atoms with Crippen LogP contribution in [0.3, 0.4) is 0 Å². The van der Waals surface area contributed by atoms with Gasteiger partial charge in [-0.15, -0.1) is 0 Å². The highest BCUT2D eigenvalue weighted by Gasteiger charge is 2.21. The number of aryl methyl sites for hydroxylation is 1. The number of aromatic hydroxyl groups is 1. The van der Waals surface area contributed by atoms with Crippen molar-refractivity contribution in [1.29, 1.82) is 0 Å². The average molecular weight is 229 g/mol. The fourth-order valence-corrected chi connectivity index (χ4v) is 2.34. The number of fused-ring (bicyclic) bond motifs is 1. The number of phenolic OH excluding ortho intramolecular Hbond substituents is 1. The van der Waals surface area contributed by atoms with Crippen LogP contribution in [0.1, 0.15) is 31.5 Å². The number of benzene rings is 1. The molecule has 0 saturated carbocycles. The number of hydrogen-bond acceptors (Lipinski definition) is 3. The summed E-state index contributed by atoms with van der Waals surface area (Å²) in [6.45, 7) is 3.11. The highest BCUT2D eigenvalue weighted by atomic mass is 16.3. The van der Waals surface area contributed by atoms with Crippen molar-refractivity contribution in [3.8, 4) is 17.1 Å². The topological polar surface area (TPSA) is 50.9 Å². The molecule has 1 aliphatic rings. The predicted molar refractivity (Wildman–Crippen MR) is 64.8 cm³/mol. The lowest BCUT2D eigenvalue weighted by Gasteiger charge is -2.17. The van der Waals surface area contributed by atoms with Crippen LogP contribution in [0.2, 0.25) is 0 Å². The van der Waals surface area contributed by atoms with Gasteiger partial charge in [-0.25, -0.2) is 9.67 Å². The van der Waals surface area contributed by atoms with Gasteiger partial charge in [0.1, 0.15) is 11.6 Å². The zero-order valence-corrected chi connectivity index (χ0v) is 9.80. The molecule has 4 heteroatoms. The van der Waals surface area contributed by atoms with Crippen molar-refractivity contribution in [2.45, 2.75) is 32.2 Å². The molecule has 1 atom stereocenters. The lowest BCUT2D eigenvalue weighted by molar-refractivity contribution is 0.432. The minimum absolute atomic E-state index is 0.239. The molecule has 1 aromatic heterocycles. The van der Waals surface area contributed by atoms with Crippen molar-refractivity contribution in [1.82, 2.24) is 14.8 Å². The molecule has 0 spiro atoms. The Kier molecular flexibility index (Phi) is 2.35. The number of hydrogen-bond donors (Lipinski definition) is 1. The van der Waals surface area contributed by atoms with Crippen molar-refractivity contribution in [3.05, 3.63) is 30.1 Å². The Balaban J connectivity index is 2.08. The van der Waals surface area contributed by atoms with Crippen LogP contribution < -0.4 is 0 Å². The summed E-state index contributed by atoms with van der Waals surface area (Å²) in [5.41, 5.74) is 0.710. The Morgan fingerprint density at radius 2 is 2.18 bits per heavy atom. The van der Waals surface area contributed by atoms with Gasteiger partial charge in [-0.05, 0) is 25.0 Å². The van der Waals surface area contributed by atoms with Crippen molar-refractivity contribution >= 4 is 0 Å². The molecular formula is C13H15N3O. The predicted octanol–water partition coefficient (Wildman–Crippen LogP) is 2.55. The summed E-state index contributed by atoms with van der Waals surface area (Å²) in [7, 11) is 0.